The minimum absolute atomic E-state index is 0. The van der Waals surface area contributed by atoms with Crippen molar-refractivity contribution in [1.82, 2.24) is 20.5 Å². The molecule has 4 aliphatic rings. The number of benzene rings is 1. The second-order valence-electron chi connectivity index (χ2n) is 16.5. The number of alkyl carbamates (subject to hydrolysis) is 1. The second kappa shape index (κ2) is 24.1. The van der Waals surface area contributed by atoms with Gasteiger partial charge in [-0.2, -0.15) is 0 Å². The number of carbonyl (C=O) groups is 5. The van der Waals surface area contributed by atoms with Gasteiger partial charge in [-0.05, 0) is 93.7 Å². The fourth-order valence-electron chi connectivity index (χ4n) is 5.63. The number of nitrogens with two attached hydrogens (primary N) is 1. The van der Waals surface area contributed by atoms with E-state index in [0.29, 0.717) is 31.1 Å². The number of primary amides is 1. The number of amides is 4. The summed E-state index contributed by atoms with van der Waals surface area (Å²) in [5, 5.41) is 14.6. The fourth-order valence-corrected chi connectivity index (χ4v) is 5.63. The molecule has 1 saturated heterocycles. The first-order valence-electron chi connectivity index (χ1n) is 19.7. The normalized spacial score (nSPS) is 19.4. The molecule has 5 N–H and O–H groups in total. The molecule has 0 bridgehead atoms. The highest BCUT2D eigenvalue weighted by Crippen LogP contribution is 2.41. The van der Waals surface area contributed by atoms with E-state index in [2.05, 4.69) is 60.0 Å². The molecule has 13 heteroatoms. The Kier molecular flexibility index (Phi) is 21.2. The maximum absolute atomic E-state index is 12.9. The number of fused-ring (bicyclic) bond motifs is 1. The van der Waals surface area contributed by atoms with Gasteiger partial charge in [-0.1, -0.05) is 71.4 Å². The number of aliphatic hydroxyl groups is 1. The van der Waals surface area contributed by atoms with Gasteiger partial charge in [-0.15, -0.1) is 6.58 Å². The predicted octanol–water partition coefficient (Wildman–Crippen LogP) is 7.21. The average molecular weight is 802 g/mol. The number of aldehydes is 1. The summed E-state index contributed by atoms with van der Waals surface area (Å²) in [6.45, 7) is 20.3. The highest BCUT2D eigenvalue weighted by atomic mass is 16.6. The monoisotopic (exact) mass is 802 g/mol. The van der Waals surface area contributed by atoms with Crippen LogP contribution in [-0.4, -0.2) is 90.6 Å². The molecule has 0 radical (unpaired) electrons. The van der Waals surface area contributed by atoms with Crippen molar-refractivity contribution in [2.75, 3.05) is 27.8 Å². The number of likely N-dealkylation sites (tertiary alicyclic amines) is 1. The summed E-state index contributed by atoms with van der Waals surface area (Å²) < 4.78 is 10.6. The quantitative estimate of drug-likeness (QED) is 0.121. The van der Waals surface area contributed by atoms with Gasteiger partial charge in [0.05, 0.1) is 7.11 Å². The minimum Gasteiger partial charge on any atom is -0.481 e. The van der Waals surface area contributed by atoms with E-state index in [1.807, 2.05) is 32.9 Å². The predicted molar refractivity (Wildman–Crippen MR) is 232 cm³/mol. The molecule has 4 atom stereocenters. The van der Waals surface area contributed by atoms with Gasteiger partial charge >= 0.3 is 6.09 Å². The van der Waals surface area contributed by atoms with Crippen LogP contribution in [0.15, 0.2) is 55.6 Å². The number of nitrogens with one attached hydrogen (secondary N) is 2. The number of hydrogen-bond acceptors (Lipinski definition) is 9. The third-order valence-corrected chi connectivity index (χ3v) is 9.24. The van der Waals surface area contributed by atoms with Gasteiger partial charge in [0.15, 0.2) is 0 Å². The van der Waals surface area contributed by atoms with E-state index in [4.69, 9.17) is 25.1 Å². The van der Waals surface area contributed by atoms with Gasteiger partial charge < -0.3 is 35.8 Å². The molecular weight excluding hydrogens is 727 g/mol. The number of methoxy groups -OCH3 is 1. The summed E-state index contributed by atoms with van der Waals surface area (Å²) in [5.41, 5.74) is 5.38. The maximum Gasteiger partial charge on any atom is 0.408 e. The molecule has 1 aromatic carbocycles. The highest BCUT2D eigenvalue weighted by Gasteiger charge is 2.42. The van der Waals surface area contributed by atoms with Crippen molar-refractivity contribution in [3.8, 4) is 5.88 Å². The Morgan fingerprint density at radius 3 is 2.04 bits per heavy atom. The van der Waals surface area contributed by atoms with Crippen LogP contribution >= 0.6 is 0 Å². The SMILES string of the molecule is C=CC=O.C=C[C@@H]1C[C@@H]1C(=O)NC.CC(C)(C)OC(=O)N[C@H](C(=O)N1CCC[C@H]1C(N)=O)C(C)(C)C.CC1CC1.CO.COc1nc(C2CC2)cc2ccccc12.[HH].[HH].[HH]. The number of hydrogen-bond donors (Lipinski definition) is 4. The van der Waals surface area contributed by atoms with Gasteiger partial charge in [-0.3, -0.25) is 19.2 Å². The lowest BCUT2D eigenvalue weighted by atomic mass is 9.85. The van der Waals surface area contributed by atoms with Crippen LogP contribution < -0.4 is 21.1 Å². The molecule has 4 amide bonds. The number of pyridine rings is 1. The number of allylic oxidation sites excluding steroid dienone is 2. The zero-order valence-electron chi connectivity index (χ0n) is 35.9. The molecule has 2 heterocycles. The van der Waals surface area contributed by atoms with Gasteiger partial charge in [-0.25, -0.2) is 9.78 Å². The van der Waals surface area contributed by atoms with Crippen molar-refractivity contribution in [3.05, 3.63) is 61.3 Å². The Labute approximate surface area is 344 Å². The van der Waals surface area contributed by atoms with Gasteiger partial charge in [0.2, 0.25) is 23.6 Å². The van der Waals surface area contributed by atoms with Crippen LogP contribution in [0.1, 0.15) is 109 Å². The number of rotatable bonds is 8. The molecule has 57 heavy (non-hydrogen) atoms. The number of aromatic nitrogens is 1. The summed E-state index contributed by atoms with van der Waals surface area (Å²) >= 11 is 0. The lowest BCUT2D eigenvalue weighted by molar-refractivity contribution is -0.141. The van der Waals surface area contributed by atoms with Crippen molar-refractivity contribution in [2.45, 2.75) is 117 Å². The van der Waals surface area contributed by atoms with E-state index >= 15 is 0 Å². The lowest BCUT2D eigenvalue weighted by Gasteiger charge is -2.35. The first kappa shape index (κ1) is 50.2. The molecule has 2 aromatic rings. The van der Waals surface area contributed by atoms with E-state index in [1.54, 1.807) is 34.9 Å². The van der Waals surface area contributed by atoms with E-state index in [0.717, 1.165) is 37.1 Å². The van der Waals surface area contributed by atoms with Crippen molar-refractivity contribution >= 4 is 40.9 Å². The number of carbonyl (C=O) groups excluding carboxylic acids is 5. The van der Waals surface area contributed by atoms with Crippen molar-refractivity contribution < 1.29 is 42.8 Å². The van der Waals surface area contributed by atoms with Crippen LogP contribution in [0, 0.1) is 23.2 Å². The average Bonchev–Trinajstić information content (AvgIpc) is 4.10. The second-order valence-corrected chi connectivity index (χ2v) is 16.5. The van der Waals surface area contributed by atoms with Crippen molar-refractivity contribution in [1.29, 1.82) is 0 Å². The third-order valence-electron chi connectivity index (χ3n) is 9.24. The van der Waals surface area contributed by atoms with Crippen LogP contribution in [-0.2, 0) is 23.9 Å². The Morgan fingerprint density at radius 2 is 1.61 bits per heavy atom. The first-order valence-corrected chi connectivity index (χ1v) is 19.7. The van der Waals surface area contributed by atoms with Gasteiger partial charge in [0.25, 0.3) is 0 Å². The maximum atomic E-state index is 12.9. The standard InChI is InChI=1S/C16H29N3O4.C13H13NO.C7H11NO.C4H8.C3H4O.CH4O.3H2/c1-15(2,3)11(18-14(22)23-16(4,5)6)13(21)19-9-7-8-10(19)12(17)20;1-15-13-11-5-3-2-4-10(11)8-12(14-13)9-6-7-9;1-3-5-4-6(5)7(9)8-2;1-4-2-3-4;1-2-3-4;1-2;;;/h10-11H,7-9H2,1-6H3,(H2,17,20)(H,18,22);2-5,8-9H,6-7H2,1H3;3,5-6H,1,4H2,2H3,(H,8,9);4H,2-3H2,1H3;2-3H,1H2;2H,1H3;3*1H/t10-,11+;;5-,6+;;;;;;/m0.1....../s1. The third kappa shape index (κ3) is 18.4. The summed E-state index contributed by atoms with van der Waals surface area (Å²) in [7, 11) is 4.35. The van der Waals surface area contributed by atoms with E-state index in [1.165, 1.54) is 47.7 Å². The Bertz CT molecular complexity index is 1640. The molecule has 0 unspecified atom stereocenters. The molecule has 3 aliphatic carbocycles. The fraction of sp³-hybridized carbons (Fsp3) is 0.591. The smallest absolute Gasteiger partial charge is 0.408 e. The first-order chi connectivity index (χ1) is 26.8. The number of nitrogens with zero attached hydrogens (tertiary/aromatic N) is 2. The topological polar surface area (TPSA) is 190 Å². The van der Waals surface area contributed by atoms with Gasteiger partial charge in [0, 0.05) is 47.9 Å². The summed E-state index contributed by atoms with van der Waals surface area (Å²) in [4.78, 5) is 62.3. The molecule has 1 aliphatic heterocycles. The molecule has 6 rings (SSSR count). The summed E-state index contributed by atoms with van der Waals surface area (Å²) in [6.07, 6.45) is 10.8. The minimum atomic E-state index is -0.794. The summed E-state index contributed by atoms with van der Waals surface area (Å²) in [6, 6.07) is 9.03. The highest BCUT2D eigenvalue weighted by molar-refractivity contribution is 5.92. The summed E-state index contributed by atoms with van der Waals surface area (Å²) in [5.74, 6) is 2.53. The van der Waals surface area contributed by atoms with E-state index in [-0.39, 0.29) is 22.0 Å². The Morgan fingerprint density at radius 1 is 1.04 bits per heavy atom. The number of ether oxygens (including phenoxy) is 2. The largest absolute Gasteiger partial charge is 0.481 e. The molecule has 3 saturated carbocycles. The zero-order chi connectivity index (χ0) is 43.5. The Balaban J connectivity index is -0.000000751. The molecule has 4 fully saturated rings. The number of aliphatic hydroxyl groups excluding tert-OH is 1. The van der Waals surface area contributed by atoms with E-state index in [9.17, 15) is 19.2 Å². The van der Waals surface area contributed by atoms with Crippen molar-refractivity contribution in [3.63, 3.8) is 0 Å². The molecular formula is C44H75N5O8. The van der Waals surface area contributed by atoms with Crippen molar-refractivity contribution in [2.24, 2.45) is 28.9 Å². The lowest BCUT2D eigenvalue weighted by Crippen LogP contribution is -2.57. The molecule has 13 nitrogen and oxygen atoms in total. The zero-order valence-corrected chi connectivity index (χ0v) is 35.9. The van der Waals surface area contributed by atoms with Crippen LogP contribution in [0.5, 0.6) is 5.88 Å². The van der Waals surface area contributed by atoms with Crippen LogP contribution in [0.2, 0.25) is 0 Å². The van der Waals surface area contributed by atoms with Gasteiger partial charge in [0.1, 0.15) is 24.0 Å². The van der Waals surface area contributed by atoms with Crippen LogP contribution in [0.3, 0.4) is 0 Å². The molecule has 324 valence electrons. The molecule has 1 aromatic heterocycles. The van der Waals surface area contributed by atoms with Crippen LogP contribution in [0.25, 0.3) is 10.8 Å². The Hall–Kier alpha value is -4.78. The van der Waals surface area contributed by atoms with Crippen LogP contribution in [0.4, 0.5) is 4.79 Å². The molecule has 0 spiro atoms. The van der Waals surface area contributed by atoms with E-state index < -0.39 is 35.1 Å².